The van der Waals surface area contributed by atoms with Gasteiger partial charge in [0.1, 0.15) is 11.3 Å². The Labute approximate surface area is 157 Å². The van der Waals surface area contributed by atoms with E-state index in [-0.39, 0.29) is 17.2 Å². The molecule has 2 atom stereocenters. The van der Waals surface area contributed by atoms with E-state index in [1.54, 1.807) is 11.8 Å². The fraction of sp³-hybridized carbons (Fsp3) is 0.421. The van der Waals surface area contributed by atoms with Crippen molar-refractivity contribution in [2.24, 2.45) is 0 Å². The number of amides is 2. The number of aliphatic hydroxyl groups excluding tert-OH is 1. The highest BCUT2D eigenvalue weighted by molar-refractivity contribution is 7.98. The number of carbonyl (C=O) groups is 3. The Bertz CT molecular complexity index is 703. The molecule has 1 aromatic carbocycles. The third-order valence-corrected chi connectivity index (χ3v) is 4.88. The van der Waals surface area contributed by atoms with Crippen LogP contribution in [0.25, 0.3) is 0 Å². The molecule has 7 heteroatoms. The summed E-state index contributed by atoms with van der Waals surface area (Å²) in [6.07, 6.45) is 3.45. The van der Waals surface area contributed by atoms with Crippen LogP contribution >= 0.6 is 11.8 Å². The molecule has 1 aliphatic heterocycles. The molecule has 0 radical (unpaired) electrons. The Morgan fingerprint density at radius 1 is 1.31 bits per heavy atom. The molecule has 6 nitrogen and oxygen atoms in total. The van der Waals surface area contributed by atoms with Crippen LogP contribution in [0.15, 0.2) is 41.7 Å². The maximum atomic E-state index is 12.6. The van der Waals surface area contributed by atoms with Gasteiger partial charge in [0.15, 0.2) is 5.78 Å². The van der Waals surface area contributed by atoms with Crippen LogP contribution in [0, 0.1) is 0 Å². The molecule has 2 unspecified atom stereocenters. The zero-order chi connectivity index (χ0) is 19.1. The standard InChI is InChI=1S/C19H24N2O4S/c1-12(22)20-15(10-11-26-2)18(24)16-17(23)14(21-19(16)25)9-8-13-6-4-3-5-7-13/h3-7,14-15,24H,8-11H2,1-2H3,(H,20,22)(H,21,25). The van der Waals surface area contributed by atoms with Gasteiger partial charge in [-0.15, -0.1) is 0 Å². The lowest BCUT2D eigenvalue weighted by atomic mass is 9.99. The molecule has 1 heterocycles. The van der Waals surface area contributed by atoms with Crippen LogP contribution in [-0.2, 0) is 20.8 Å². The topological polar surface area (TPSA) is 95.5 Å². The summed E-state index contributed by atoms with van der Waals surface area (Å²) in [7, 11) is 0. The molecule has 0 aliphatic carbocycles. The van der Waals surface area contributed by atoms with Crippen molar-refractivity contribution in [1.82, 2.24) is 10.6 Å². The largest absolute Gasteiger partial charge is 0.509 e. The van der Waals surface area contributed by atoms with E-state index >= 15 is 0 Å². The molecule has 2 rings (SSSR count). The Morgan fingerprint density at radius 3 is 2.62 bits per heavy atom. The average Bonchev–Trinajstić information content (AvgIpc) is 2.90. The summed E-state index contributed by atoms with van der Waals surface area (Å²) in [4.78, 5) is 36.3. The number of hydrogen-bond donors (Lipinski definition) is 3. The predicted octanol–water partition coefficient (Wildman–Crippen LogP) is 1.76. The van der Waals surface area contributed by atoms with Gasteiger partial charge >= 0.3 is 0 Å². The van der Waals surface area contributed by atoms with Gasteiger partial charge < -0.3 is 15.7 Å². The number of thioether (sulfide) groups is 1. The molecule has 140 valence electrons. The first-order valence-corrected chi connectivity index (χ1v) is 9.91. The van der Waals surface area contributed by atoms with Crippen LogP contribution in [0.3, 0.4) is 0 Å². The first-order chi connectivity index (χ1) is 12.4. The molecule has 26 heavy (non-hydrogen) atoms. The highest BCUT2D eigenvalue weighted by atomic mass is 32.2. The average molecular weight is 376 g/mol. The predicted molar refractivity (Wildman–Crippen MR) is 102 cm³/mol. The van der Waals surface area contributed by atoms with Gasteiger partial charge in [0, 0.05) is 6.92 Å². The maximum Gasteiger partial charge on any atom is 0.259 e. The second-order valence-electron chi connectivity index (χ2n) is 6.21. The van der Waals surface area contributed by atoms with Gasteiger partial charge in [-0.3, -0.25) is 14.4 Å². The van der Waals surface area contributed by atoms with Crippen LogP contribution in [-0.4, -0.2) is 46.8 Å². The second kappa shape index (κ2) is 9.43. The van der Waals surface area contributed by atoms with E-state index in [4.69, 9.17) is 0 Å². The quantitative estimate of drug-likeness (QED) is 0.365. The van der Waals surface area contributed by atoms with E-state index in [1.165, 1.54) is 6.92 Å². The van der Waals surface area contributed by atoms with Crippen molar-refractivity contribution in [2.45, 2.75) is 38.3 Å². The maximum absolute atomic E-state index is 12.6. The normalized spacial score (nSPS) is 19.8. The fourth-order valence-electron chi connectivity index (χ4n) is 2.92. The zero-order valence-corrected chi connectivity index (χ0v) is 15.8. The molecule has 0 saturated carbocycles. The van der Waals surface area contributed by atoms with E-state index in [1.807, 2.05) is 36.6 Å². The molecule has 1 fully saturated rings. The van der Waals surface area contributed by atoms with Crippen molar-refractivity contribution in [1.29, 1.82) is 0 Å². The summed E-state index contributed by atoms with van der Waals surface area (Å²) in [6, 6.07) is 8.30. The van der Waals surface area contributed by atoms with Crippen molar-refractivity contribution in [3.63, 3.8) is 0 Å². The molecule has 0 spiro atoms. The van der Waals surface area contributed by atoms with Crippen LogP contribution < -0.4 is 10.6 Å². The molecule has 1 aliphatic rings. The minimum absolute atomic E-state index is 0.233. The van der Waals surface area contributed by atoms with Gasteiger partial charge in [-0.1, -0.05) is 30.3 Å². The molecule has 1 saturated heterocycles. The number of nitrogens with one attached hydrogen (secondary N) is 2. The summed E-state index contributed by atoms with van der Waals surface area (Å²) in [5.74, 6) is -0.989. The molecule has 3 N–H and O–H groups in total. The first kappa shape index (κ1) is 20.0. The van der Waals surface area contributed by atoms with E-state index in [2.05, 4.69) is 10.6 Å². The summed E-state index contributed by atoms with van der Waals surface area (Å²) in [6.45, 7) is 1.34. The van der Waals surface area contributed by atoms with Gasteiger partial charge in [-0.05, 0) is 36.8 Å². The lowest BCUT2D eigenvalue weighted by Gasteiger charge is -2.17. The molecule has 0 bridgehead atoms. The van der Waals surface area contributed by atoms with Crippen molar-refractivity contribution < 1.29 is 19.5 Å². The first-order valence-electron chi connectivity index (χ1n) is 8.52. The third kappa shape index (κ3) is 5.11. The SMILES string of the molecule is CSCCC(NC(C)=O)C(O)=C1C(=O)NC(CCc2ccccc2)C1=O. The van der Waals surface area contributed by atoms with Crippen molar-refractivity contribution in [3.05, 3.63) is 47.2 Å². The Kier molecular flexibility index (Phi) is 7.26. The lowest BCUT2D eigenvalue weighted by molar-refractivity contribution is -0.120. The summed E-state index contributed by atoms with van der Waals surface area (Å²) < 4.78 is 0. The molecule has 1 aromatic rings. The Balaban J connectivity index is 2.13. The summed E-state index contributed by atoms with van der Waals surface area (Å²) in [5.41, 5.74) is 0.843. The second-order valence-corrected chi connectivity index (χ2v) is 7.19. The number of aliphatic hydroxyl groups is 1. The van der Waals surface area contributed by atoms with E-state index in [9.17, 15) is 19.5 Å². The fourth-order valence-corrected chi connectivity index (χ4v) is 3.39. The van der Waals surface area contributed by atoms with Gasteiger partial charge in [0.2, 0.25) is 5.91 Å². The van der Waals surface area contributed by atoms with Gasteiger partial charge in [-0.2, -0.15) is 11.8 Å². The minimum atomic E-state index is -0.738. The van der Waals surface area contributed by atoms with Crippen molar-refractivity contribution in [2.75, 3.05) is 12.0 Å². The van der Waals surface area contributed by atoms with E-state index in [0.29, 0.717) is 25.0 Å². The number of ketones is 1. The van der Waals surface area contributed by atoms with E-state index < -0.39 is 23.8 Å². The number of rotatable bonds is 8. The van der Waals surface area contributed by atoms with Crippen LogP contribution in [0.1, 0.15) is 25.3 Å². The van der Waals surface area contributed by atoms with Crippen LogP contribution in [0.5, 0.6) is 0 Å². The molecule has 2 amide bonds. The smallest absolute Gasteiger partial charge is 0.259 e. The highest BCUT2D eigenvalue weighted by Gasteiger charge is 2.39. The molecular formula is C19H24N2O4S. The Morgan fingerprint density at radius 2 is 2.00 bits per heavy atom. The minimum Gasteiger partial charge on any atom is -0.509 e. The van der Waals surface area contributed by atoms with Crippen molar-refractivity contribution in [3.8, 4) is 0 Å². The number of Topliss-reactive ketones (excluding diaryl/α,β-unsaturated/α-hetero) is 1. The Hall–Kier alpha value is -2.28. The monoisotopic (exact) mass is 376 g/mol. The molecular weight excluding hydrogens is 352 g/mol. The third-order valence-electron chi connectivity index (χ3n) is 4.23. The molecule has 0 aromatic heterocycles. The summed E-state index contributed by atoms with van der Waals surface area (Å²) in [5, 5.41) is 15.8. The summed E-state index contributed by atoms with van der Waals surface area (Å²) >= 11 is 1.55. The number of aryl methyl sites for hydroxylation is 1. The number of benzene rings is 1. The zero-order valence-electron chi connectivity index (χ0n) is 15.0. The number of hydrogen-bond acceptors (Lipinski definition) is 5. The lowest BCUT2D eigenvalue weighted by Crippen LogP contribution is -2.36. The van der Waals surface area contributed by atoms with Gasteiger partial charge in [0.25, 0.3) is 5.91 Å². The highest BCUT2D eigenvalue weighted by Crippen LogP contribution is 2.21. The van der Waals surface area contributed by atoms with Gasteiger partial charge in [0.05, 0.1) is 12.1 Å². The van der Waals surface area contributed by atoms with Crippen LogP contribution in [0.4, 0.5) is 0 Å². The number of carbonyl (C=O) groups excluding carboxylic acids is 3. The van der Waals surface area contributed by atoms with E-state index in [0.717, 1.165) is 5.56 Å². The van der Waals surface area contributed by atoms with Crippen molar-refractivity contribution >= 4 is 29.4 Å². The van der Waals surface area contributed by atoms with Gasteiger partial charge in [-0.25, -0.2) is 0 Å². The van der Waals surface area contributed by atoms with Crippen LogP contribution in [0.2, 0.25) is 0 Å².